The van der Waals surface area contributed by atoms with E-state index >= 15 is 0 Å². The molecule has 0 fully saturated rings. The van der Waals surface area contributed by atoms with E-state index < -0.39 is 5.97 Å². The Kier molecular flexibility index (Phi) is 32.9. The van der Waals surface area contributed by atoms with E-state index in [1.807, 2.05) is 0 Å². The zero-order chi connectivity index (χ0) is 31.6. The van der Waals surface area contributed by atoms with Gasteiger partial charge in [0.25, 0.3) is 0 Å². The predicted molar refractivity (Wildman–Crippen MR) is 182 cm³/mol. The van der Waals surface area contributed by atoms with E-state index in [1.54, 1.807) is 0 Å². The van der Waals surface area contributed by atoms with E-state index in [4.69, 9.17) is 14.9 Å². The summed E-state index contributed by atoms with van der Waals surface area (Å²) in [4.78, 5) is 25.8. The molecule has 0 rings (SSSR count). The quantitative estimate of drug-likeness (QED) is 0.0548. The minimum absolute atomic E-state index is 0.0139. The lowest BCUT2D eigenvalue weighted by atomic mass is 10.0. The number of carboxylic acids is 1. The van der Waals surface area contributed by atoms with E-state index in [1.165, 1.54) is 96.3 Å². The van der Waals surface area contributed by atoms with Crippen molar-refractivity contribution in [3.63, 3.8) is 0 Å². The Morgan fingerprint density at radius 1 is 0.535 bits per heavy atom. The third-order valence-electron chi connectivity index (χ3n) is 8.66. The van der Waals surface area contributed by atoms with Crippen molar-refractivity contribution in [3.05, 3.63) is 0 Å². The molecule has 0 aromatic carbocycles. The van der Waals surface area contributed by atoms with Crippen molar-refractivity contribution in [2.75, 3.05) is 26.2 Å². The summed E-state index contributed by atoms with van der Waals surface area (Å²) in [6.07, 6.45) is 31.1. The highest BCUT2D eigenvalue weighted by Crippen LogP contribution is 2.18. The summed E-state index contributed by atoms with van der Waals surface area (Å²) < 4.78 is 6.00. The van der Waals surface area contributed by atoms with Gasteiger partial charge >= 0.3 is 11.9 Å². The Balaban J connectivity index is 4.16. The van der Waals surface area contributed by atoms with Crippen LogP contribution in [0.2, 0.25) is 0 Å². The van der Waals surface area contributed by atoms with Crippen molar-refractivity contribution in [1.29, 1.82) is 0 Å². The lowest BCUT2D eigenvalue weighted by Gasteiger charge is -2.22. The first-order valence-electron chi connectivity index (χ1n) is 18.8. The molecule has 0 bridgehead atoms. The van der Waals surface area contributed by atoms with Crippen molar-refractivity contribution < 1.29 is 24.5 Å². The number of aliphatic hydroxyl groups excluding tert-OH is 1. The molecule has 0 spiro atoms. The van der Waals surface area contributed by atoms with Crippen LogP contribution in [-0.4, -0.2) is 59.4 Å². The summed E-state index contributed by atoms with van der Waals surface area (Å²) in [7, 11) is 0. The van der Waals surface area contributed by atoms with Crippen LogP contribution >= 0.6 is 0 Å². The standard InChI is InChI=1S/C37H73NO5/c1-3-5-7-9-13-19-27-35(28-20-14-10-8-6-4-2)43-37(42)30-22-16-12-18-24-32-38(33-25-26-34-39)31-23-17-11-15-21-29-36(40)41/h35,39H,3-34H2,1-2H3,(H,40,41). The molecule has 6 nitrogen and oxygen atoms in total. The van der Waals surface area contributed by atoms with Crippen LogP contribution in [0, 0.1) is 0 Å². The molecule has 43 heavy (non-hydrogen) atoms. The molecular weight excluding hydrogens is 538 g/mol. The molecule has 0 aromatic rings. The molecule has 2 N–H and O–H groups in total. The Labute approximate surface area is 267 Å². The van der Waals surface area contributed by atoms with Crippen LogP contribution in [0.25, 0.3) is 0 Å². The van der Waals surface area contributed by atoms with Crippen LogP contribution in [0.1, 0.15) is 194 Å². The van der Waals surface area contributed by atoms with Crippen molar-refractivity contribution >= 4 is 11.9 Å². The van der Waals surface area contributed by atoms with Gasteiger partial charge in [-0.1, -0.05) is 117 Å². The van der Waals surface area contributed by atoms with Gasteiger partial charge in [-0.3, -0.25) is 9.59 Å². The number of ether oxygens (including phenoxy) is 1. The summed E-state index contributed by atoms with van der Waals surface area (Å²) >= 11 is 0. The molecule has 0 aliphatic carbocycles. The number of hydrogen-bond donors (Lipinski definition) is 2. The minimum Gasteiger partial charge on any atom is -0.481 e. The first kappa shape index (κ1) is 41.9. The Bertz CT molecular complexity index is 584. The van der Waals surface area contributed by atoms with E-state index in [2.05, 4.69) is 18.7 Å². The number of carboxylic acid groups (broad SMARTS) is 1. The van der Waals surface area contributed by atoms with Crippen molar-refractivity contribution in [1.82, 2.24) is 4.90 Å². The monoisotopic (exact) mass is 612 g/mol. The van der Waals surface area contributed by atoms with Crippen molar-refractivity contribution in [2.24, 2.45) is 0 Å². The Morgan fingerprint density at radius 2 is 0.930 bits per heavy atom. The fraction of sp³-hybridized carbons (Fsp3) is 0.946. The number of rotatable bonds is 35. The average Bonchev–Trinajstić information content (AvgIpc) is 2.99. The van der Waals surface area contributed by atoms with Crippen LogP contribution in [0.4, 0.5) is 0 Å². The van der Waals surface area contributed by atoms with Gasteiger partial charge in [-0.15, -0.1) is 0 Å². The molecule has 0 atom stereocenters. The van der Waals surface area contributed by atoms with Gasteiger partial charge in [0.1, 0.15) is 6.10 Å². The van der Waals surface area contributed by atoms with Gasteiger partial charge in [0.2, 0.25) is 0 Å². The molecule has 256 valence electrons. The van der Waals surface area contributed by atoms with Gasteiger partial charge in [0.05, 0.1) is 0 Å². The fourth-order valence-corrected chi connectivity index (χ4v) is 5.87. The minimum atomic E-state index is -0.693. The molecule has 6 heteroatoms. The number of carbonyl (C=O) groups excluding carboxylic acids is 1. The normalized spacial score (nSPS) is 11.6. The highest BCUT2D eigenvalue weighted by atomic mass is 16.5. The van der Waals surface area contributed by atoms with E-state index in [-0.39, 0.29) is 25.1 Å². The molecule has 0 aromatic heterocycles. The molecule has 0 amide bonds. The van der Waals surface area contributed by atoms with Gasteiger partial charge in [-0.05, 0) is 83.8 Å². The van der Waals surface area contributed by atoms with Gasteiger partial charge in [-0.2, -0.15) is 0 Å². The zero-order valence-electron chi connectivity index (χ0n) is 28.8. The summed E-state index contributed by atoms with van der Waals surface area (Å²) in [5.41, 5.74) is 0. The summed E-state index contributed by atoms with van der Waals surface area (Å²) in [6, 6.07) is 0. The van der Waals surface area contributed by atoms with Crippen LogP contribution in [0.5, 0.6) is 0 Å². The average molecular weight is 612 g/mol. The molecule has 0 saturated heterocycles. The lowest BCUT2D eigenvalue weighted by molar-refractivity contribution is -0.150. The van der Waals surface area contributed by atoms with Gasteiger partial charge in [0, 0.05) is 19.4 Å². The third kappa shape index (κ3) is 32.1. The maximum atomic E-state index is 12.6. The summed E-state index contributed by atoms with van der Waals surface area (Å²) in [6.45, 7) is 8.02. The highest BCUT2D eigenvalue weighted by molar-refractivity contribution is 5.69. The number of nitrogens with zero attached hydrogens (tertiary/aromatic N) is 1. The topological polar surface area (TPSA) is 87.1 Å². The first-order chi connectivity index (χ1) is 21.0. The highest BCUT2D eigenvalue weighted by Gasteiger charge is 2.14. The van der Waals surface area contributed by atoms with Crippen LogP contribution in [-0.2, 0) is 14.3 Å². The number of hydrogen-bond acceptors (Lipinski definition) is 5. The van der Waals surface area contributed by atoms with Crippen LogP contribution in [0.15, 0.2) is 0 Å². The summed E-state index contributed by atoms with van der Waals surface area (Å²) in [5, 5.41) is 17.9. The van der Waals surface area contributed by atoms with Gasteiger partial charge < -0.3 is 19.8 Å². The molecule has 0 unspecified atom stereocenters. The predicted octanol–water partition coefficient (Wildman–Crippen LogP) is 10.2. The second kappa shape index (κ2) is 33.7. The van der Waals surface area contributed by atoms with Gasteiger partial charge in [0.15, 0.2) is 0 Å². The van der Waals surface area contributed by atoms with E-state index in [9.17, 15) is 9.59 Å². The number of unbranched alkanes of at least 4 members (excludes halogenated alkanes) is 19. The summed E-state index contributed by atoms with van der Waals surface area (Å²) in [5.74, 6) is -0.679. The molecule has 0 aliphatic heterocycles. The Morgan fingerprint density at radius 3 is 1.40 bits per heavy atom. The molecular formula is C37H73NO5. The second-order valence-electron chi connectivity index (χ2n) is 12.9. The van der Waals surface area contributed by atoms with Gasteiger partial charge in [-0.25, -0.2) is 0 Å². The molecule has 0 saturated carbocycles. The number of aliphatic hydroxyl groups is 1. The molecule has 0 heterocycles. The Hall–Kier alpha value is -1.14. The lowest BCUT2D eigenvalue weighted by Crippen LogP contribution is -2.27. The second-order valence-corrected chi connectivity index (χ2v) is 12.9. The van der Waals surface area contributed by atoms with Crippen molar-refractivity contribution in [2.45, 2.75) is 200 Å². The van der Waals surface area contributed by atoms with Crippen LogP contribution < -0.4 is 0 Å². The fourth-order valence-electron chi connectivity index (χ4n) is 5.87. The van der Waals surface area contributed by atoms with E-state index in [0.29, 0.717) is 6.42 Å². The van der Waals surface area contributed by atoms with Crippen molar-refractivity contribution in [3.8, 4) is 0 Å². The van der Waals surface area contributed by atoms with Crippen LogP contribution in [0.3, 0.4) is 0 Å². The number of aliphatic carboxylic acids is 1. The SMILES string of the molecule is CCCCCCCCC(CCCCCCCC)OC(=O)CCCCCCCN(CCCCO)CCCCCCCC(=O)O. The number of esters is 1. The van der Waals surface area contributed by atoms with E-state index in [0.717, 1.165) is 90.3 Å². The zero-order valence-corrected chi connectivity index (χ0v) is 28.8. The smallest absolute Gasteiger partial charge is 0.306 e. The maximum absolute atomic E-state index is 12.6. The maximum Gasteiger partial charge on any atom is 0.306 e. The number of carbonyl (C=O) groups is 2. The first-order valence-corrected chi connectivity index (χ1v) is 18.8. The molecule has 0 aliphatic rings. The molecule has 0 radical (unpaired) electrons. The third-order valence-corrected chi connectivity index (χ3v) is 8.66. The largest absolute Gasteiger partial charge is 0.481 e.